The zero-order valence-corrected chi connectivity index (χ0v) is 10.6. The Labute approximate surface area is 108 Å². The van der Waals surface area contributed by atoms with Crippen molar-refractivity contribution < 1.29 is 9.84 Å². The number of hydrogen-bond donors (Lipinski definition) is 2. The number of aromatic nitrogens is 2. The highest BCUT2D eigenvalue weighted by Gasteiger charge is 2.15. The minimum atomic E-state index is -0.498. The first-order valence-corrected chi connectivity index (χ1v) is 6.64. The molecule has 2 rings (SSSR count). The molecule has 1 saturated carbocycles. The number of aliphatic hydroxyl groups is 1. The summed E-state index contributed by atoms with van der Waals surface area (Å²) < 4.78 is 5.71. The zero-order chi connectivity index (χ0) is 12.6. The second-order valence-electron chi connectivity index (χ2n) is 4.72. The van der Waals surface area contributed by atoms with Gasteiger partial charge in [-0.3, -0.25) is 0 Å². The Morgan fingerprint density at radius 2 is 2.22 bits per heavy atom. The van der Waals surface area contributed by atoms with Crippen LogP contribution in [0.4, 0.5) is 5.82 Å². The molecular weight excluding hydrogens is 230 g/mol. The van der Waals surface area contributed by atoms with E-state index >= 15 is 0 Å². The number of hydrogen-bond acceptors (Lipinski definition) is 5. The minimum absolute atomic E-state index is 0.340. The quantitative estimate of drug-likeness (QED) is 0.804. The third-order valence-corrected chi connectivity index (χ3v) is 3.18. The molecule has 0 saturated heterocycles. The van der Waals surface area contributed by atoms with Crippen LogP contribution in [-0.4, -0.2) is 40.4 Å². The van der Waals surface area contributed by atoms with E-state index in [9.17, 15) is 5.11 Å². The molecule has 1 aromatic heterocycles. The average Bonchev–Trinajstić information content (AvgIpc) is 2.45. The van der Waals surface area contributed by atoms with Gasteiger partial charge in [0.05, 0.1) is 18.8 Å². The maximum atomic E-state index is 9.81. The summed E-state index contributed by atoms with van der Waals surface area (Å²) in [6.07, 6.45) is 9.07. The maximum absolute atomic E-state index is 9.81. The van der Waals surface area contributed by atoms with Gasteiger partial charge in [0.15, 0.2) is 0 Å². The summed E-state index contributed by atoms with van der Waals surface area (Å²) in [6.45, 7) is 0.840. The molecule has 0 bridgehead atoms. The first-order chi connectivity index (χ1) is 8.84. The van der Waals surface area contributed by atoms with Crippen molar-refractivity contribution in [3.05, 3.63) is 18.6 Å². The van der Waals surface area contributed by atoms with Gasteiger partial charge in [0.1, 0.15) is 12.1 Å². The molecule has 5 nitrogen and oxygen atoms in total. The highest BCUT2D eigenvalue weighted by Crippen LogP contribution is 2.20. The van der Waals surface area contributed by atoms with Gasteiger partial charge in [-0.2, -0.15) is 0 Å². The topological polar surface area (TPSA) is 67.3 Å². The number of nitrogens with zero attached hydrogens (tertiary/aromatic N) is 2. The summed E-state index contributed by atoms with van der Waals surface area (Å²) in [5, 5.41) is 12.9. The molecule has 0 amide bonds. The van der Waals surface area contributed by atoms with E-state index in [1.807, 2.05) is 0 Å². The lowest BCUT2D eigenvalue weighted by molar-refractivity contribution is -0.0195. The van der Waals surface area contributed by atoms with E-state index < -0.39 is 6.10 Å². The Bertz CT molecular complexity index is 328. The number of nitrogens with one attached hydrogen (secondary N) is 1. The van der Waals surface area contributed by atoms with Crippen molar-refractivity contribution in [3.8, 4) is 0 Å². The molecule has 0 aliphatic heterocycles. The summed E-state index contributed by atoms with van der Waals surface area (Å²) in [6, 6.07) is 1.77. The van der Waals surface area contributed by atoms with Gasteiger partial charge in [0.2, 0.25) is 0 Å². The van der Waals surface area contributed by atoms with Gasteiger partial charge in [-0.1, -0.05) is 19.3 Å². The van der Waals surface area contributed by atoms with Gasteiger partial charge in [0, 0.05) is 12.7 Å². The van der Waals surface area contributed by atoms with Crippen molar-refractivity contribution in [2.24, 2.45) is 0 Å². The van der Waals surface area contributed by atoms with Crippen LogP contribution in [0.25, 0.3) is 0 Å². The summed E-state index contributed by atoms with van der Waals surface area (Å²) >= 11 is 0. The normalized spacial score (nSPS) is 18.5. The van der Waals surface area contributed by atoms with Gasteiger partial charge >= 0.3 is 0 Å². The van der Waals surface area contributed by atoms with E-state index in [4.69, 9.17) is 4.74 Å². The van der Waals surface area contributed by atoms with Gasteiger partial charge in [-0.15, -0.1) is 0 Å². The zero-order valence-electron chi connectivity index (χ0n) is 10.6. The van der Waals surface area contributed by atoms with Crippen LogP contribution in [0.3, 0.4) is 0 Å². The van der Waals surface area contributed by atoms with Gasteiger partial charge in [0.25, 0.3) is 0 Å². The molecule has 0 radical (unpaired) electrons. The van der Waals surface area contributed by atoms with Crippen LogP contribution in [0.2, 0.25) is 0 Å². The first kappa shape index (κ1) is 13.2. The van der Waals surface area contributed by atoms with Crippen LogP contribution in [0, 0.1) is 0 Å². The lowest BCUT2D eigenvalue weighted by Gasteiger charge is -2.23. The molecule has 1 aliphatic rings. The molecule has 1 aliphatic carbocycles. The first-order valence-electron chi connectivity index (χ1n) is 6.64. The van der Waals surface area contributed by atoms with E-state index in [2.05, 4.69) is 15.3 Å². The Morgan fingerprint density at radius 1 is 1.39 bits per heavy atom. The SMILES string of the molecule is O[C@@H](CNc1ccncn1)COC1CCCCC1. The molecule has 1 heterocycles. The summed E-state index contributed by atoms with van der Waals surface area (Å²) in [7, 11) is 0. The molecule has 5 heteroatoms. The molecular formula is C13H21N3O2. The summed E-state index contributed by atoms with van der Waals surface area (Å²) in [5.74, 6) is 0.724. The third kappa shape index (κ3) is 4.58. The fourth-order valence-corrected chi connectivity index (χ4v) is 2.16. The van der Waals surface area contributed by atoms with E-state index in [1.165, 1.54) is 25.6 Å². The van der Waals surface area contributed by atoms with Gasteiger partial charge < -0.3 is 15.2 Å². The summed E-state index contributed by atoms with van der Waals surface area (Å²) in [4.78, 5) is 7.86. The van der Waals surface area contributed by atoms with Crippen molar-refractivity contribution in [1.82, 2.24) is 9.97 Å². The fraction of sp³-hybridized carbons (Fsp3) is 0.692. The monoisotopic (exact) mass is 251 g/mol. The molecule has 0 unspecified atom stereocenters. The third-order valence-electron chi connectivity index (χ3n) is 3.18. The maximum Gasteiger partial charge on any atom is 0.129 e. The van der Waals surface area contributed by atoms with Crippen molar-refractivity contribution in [2.75, 3.05) is 18.5 Å². The second-order valence-corrected chi connectivity index (χ2v) is 4.72. The highest BCUT2D eigenvalue weighted by atomic mass is 16.5. The van der Waals surface area contributed by atoms with Crippen molar-refractivity contribution in [1.29, 1.82) is 0 Å². The number of anilines is 1. The van der Waals surface area contributed by atoms with Crippen LogP contribution in [0.15, 0.2) is 18.6 Å². The number of ether oxygens (including phenoxy) is 1. The highest BCUT2D eigenvalue weighted by molar-refractivity contribution is 5.31. The molecule has 1 aromatic rings. The second kappa shape index (κ2) is 7.28. The molecule has 1 atom stereocenters. The van der Waals surface area contributed by atoms with E-state index in [1.54, 1.807) is 12.3 Å². The molecule has 100 valence electrons. The molecule has 2 N–H and O–H groups in total. The summed E-state index contributed by atoms with van der Waals surface area (Å²) in [5.41, 5.74) is 0. The molecule has 18 heavy (non-hydrogen) atoms. The predicted octanol–water partition coefficient (Wildman–Crippen LogP) is 1.60. The van der Waals surface area contributed by atoms with Crippen LogP contribution in [0.5, 0.6) is 0 Å². The number of aliphatic hydroxyl groups excluding tert-OH is 1. The Morgan fingerprint density at radius 3 is 2.94 bits per heavy atom. The smallest absolute Gasteiger partial charge is 0.129 e. The van der Waals surface area contributed by atoms with Crippen molar-refractivity contribution in [3.63, 3.8) is 0 Å². The van der Waals surface area contributed by atoms with E-state index in [0.717, 1.165) is 18.7 Å². The van der Waals surface area contributed by atoms with Crippen LogP contribution in [-0.2, 0) is 4.74 Å². The van der Waals surface area contributed by atoms with E-state index in [-0.39, 0.29) is 0 Å². The van der Waals surface area contributed by atoms with Gasteiger partial charge in [-0.05, 0) is 18.9 Å². The van der Waals surface area contributed by atoms with E-state index in [0.29, 0.717) is 19.3 Å². The predicted molar refractivity (Wildman–Crippen MR) is 69.4 cm³/mol. The lowest BCUT2D eigenvalue weighted by Crippen LogP contribution is -2.28. The molecule has 0 spiro atoms. The Kier molecular flexibility index (Phi) is 5.36. The van der Waals surface area contributed by atoms with Crippen molar-refractivity contribution >= 4 is 5.82 Å². The van der Waals surface area contributed by atoms with Crippen LogP contribution >= 0.6 is 0 Å². The largest absolute Gasteiger partial charge is 0.389 e. The fourth-order valence-electron chi connectivity index (χ4n) is 2.16. The Hall–Kier alpha value is -1.20. The molecule has 1 fully saturated rings. The lowest BCUT2D eigenvalue weighted by atomic mass is 9.98. The average molecular weight is 251 g/mol. The van der Waals surface area contributed by atoms with Crippen LogP contribution < -0.4 is 5.32 Å². The molecule has 0 aromatic carbocycles. The minimum Gasteiger partial charge on any atom is -0.389 e. The number of rotatable bonds is 6. The standard InChI is InChI=1S/C13H21N3O2/c17-11(8-15-13-6-7-14-10-16-13)9-18-12-4-2-1-3-5-12/h6-7,10-12,17H,1-5,8-9H2,(H,14,15,16)/t11-/m0/s1. The van der Waals surface area contributed by atoms with Crippen molar-refractivity contribution in [2.45, 2.75) is 44.3 Å². The van der Waals surface area contributed by atoms with Gasteiger partial charge in [-0.25, -0.2) is 9.97 Å². The Balaban J connectivity index is 1.61. The van der Waals surface area contributed by atoms with Crippen LogP contribution in [0.1, 0.15) is 32.1 Å².